The van der Waals surface area contributed by atoms with Crippen molar-refractivity contribution in [1.82, 2.24) is 5.32 Å². The van der Waals surface area contributed by atoms with Gasteiger partial charge < -0.3 is 15.2 Å². The molecular formula is C16H20ClNO4. The number of halogens is 1. The summed E-state index contributed by atoms with van der Waals surface area (Å²) in [6.45, 7) is 0.717. The number of rotatable bonds is 6. The Labute approximate surface area is 134 Å². The highest BCUT2D eigenvalue weighted by Crippen LogP contribution is 2.21. The van der Waals surface area contributed by atoms with Gasteiger partial charge in [0.05, 0.1) is 0 Å². The molecule has 1 aromatic rings. The second-order valence-electron chi connectivity index (χ2n) is 5.53. The van der Waals surface area contributed by atoms with Crippen molar-refractivity contribution in [2.24, 2.45) is 0 Å². The van der Waals surface area contributed by atoms with E-state index in [0.29, 0.717) is 43.9 Å². The van der Waals surface area contributed by atoms with E-state index in [9.17, 15) is 14.7 Å². The largest absolute Gasteiger partial charge is 0.480 e. The highest BCUT2D eigenvalue weighted by molar-refractivity contribution is 6.30. The van der Waals surface area contributed by atoms with E-state index < -0.39 is 11.5 Å². The molecule has 0 aromatic heterocycles. The number of aliphatic carboxylic acids is 1. The average Bonchev–Trinajstić information content (AvgIpc) is 2.50. The van der Waals surface area contributed by atoms with Gasteiger partial charge in [-0.3, -0.25) is 4.79 Å². The van der Waals surface area contributed by atoms with Crippen LogP contribution in [0.1, 0.15) is 31.2 Å². The molecule has 22 heavy (non-hydrogen) atoms. The third-order valence-electron chi connectivity index (χ3n) is 3.92. The summed E-state index contributed by atoms with van der Waals surface area (Å²) in [6, 6.07) is 7.49. The molecular weight excluding hydrogens is 306 g/mol. The number of nitrogens with one attached hydrogen (secondary N) is 1. The number of ether oxygens (including phenoxy) is 1. The average molecular weight is 326 g/mol. The van der Waals surface area contributed by atoms with E-state index in [2.05, 4.69) is 5.32 Å². The summed E-state index contributed by atoms with van der Waals surface area (Å²) in [7, 11) is 0. The lowest BCUT2D eigenvalue weighted by atomic mass is 9.90. The summed E-state index contributed by atoms with van der Waals surface area (Å²) in [5.74, 6) is -1.21. The zero-order chi connectivity index (χ0) is 16.0. The van der Waals surface area contributed by atoms with Crippen LogP contribution in [0.3, 0.4) is 0 Å². The zero-order valence-corrected chi connectivity index (χ0v) is 13.1. The Bertz CT molecular complexity index is 523. The van der Waals surface area contributed by atoms with Gasteiger partial charge in [0.1, 0.15) is 5.54 Å². The number of hydrogen-bond donors (Lipinski definition) is 2. The Kier molecular flexibility index (Phi) is 5.80. The molecule has 6 heteroatoms. The fourth-order valence-corrected chi connectivity index (χ4v) is 2.67. The van der Waals surface area contributed by atoms with Gasteiger partial charge in [0.25, 0.3) is 0 Å². The summed E-state index contributed by atoms with van der Waals surface area (Å²) in [4.78, 5) is 23.5. The Morgan fingerprint density at radius 2 is 1.86 bits per heavy atom. The smallest absolute Gasteiger partial charge is 0.329 e. The highest BCUT2D eigenvalue weighted by Gasteiger charge is 2.41. The first-order valence-electron chi connectivity index (χ1n) is 7.38. The third-order valence-corrected chi connectivity index (χ3v) is 4.17. The van der Waals surface area contributed by atoms with Crippen molar-refractivity contribution >= 4 is 23.5 Å². The van der Waals surface area contributed by atoms with Gasteiger partial charge in [-0.1, -0.05) is 23.7 Å². The fourth-order valence-electron chi connectivity index (χ4n) is 2.55. The number of carboxylic acid groups (broad SMARTS) is 1. The number of aryl methyl sites for hydroxylation is 1. The van der Waals surface area contributed by atoms with Gasteiger partial charge in [0.2, 0.25) is 5.91 Å². The van der Waals surface area contributed by atoms with E-state index in [-0.39, 0.29) is 5.91 Å². The van der Waals surface area contributed by atoms with E-state index in [1.165, 1.54) is 0 Å². The predicted molar refractivity (Wildman–Crippen MR) is 83.0 cm³/mol. The lowest BCUT2D eigenvalue weighted by Crippen LogP contribution is -2.57. The number of hydrogen-bond acceptors (Lipinski definition) is 3. The fraction of sp³-hybridized carbons (Fsp3) is 0.500. The molecule has 1 saturated heterocycles. The Hall–Kier alpha value is -1.59. The minimum atomic E-state index is -1.17. The van der Waals surface area contributed by atoms with Crippen LogP contribution in [0.5, 0.6) is 0 Å². The van der Waals surface area contributed by atoms with Gasteiger partial charge in [-0.05, 0) is 30.5 Å². The van der Waals surface area contributed by atoms with E-state index in [1.54, 1.807) is 0 Å². The standard InChI is InChI=1S/C16H20ClNO4/c17-13-6-4-12(5-7-13)2-1-3-14(19)18-16(15(20)21)8-10-22-11-9-16/h4-7H,1-3,8-11H2,(H,18,19)(H,20,21). The van der Waals surface area contributed by atoms with Crippen LogP contribution in [0.4, 0.5) is 0 Å². The van der Waals surface area contributed by atoms with Crippen LogP contribution < -0.4 is 5.32 Å². The van der Waals surface area contributed by atoms with Crippen molar-refractivity contribution in [2.75, 3.05) is 13.2 Å². The minimum absolute atomic E-state index is 0.224. The van der Waals surface area contributed by atoms with Gasteiger partial charge in [-0.2, -0.15) is 0 Å². The Balaban J connectivity index is 1.81. The van der Waals surface area contributed by atoms with E-state index in [0.717, 1.165) is 12.0 Å². The summed E-state index contributed by atoms with van der Waals surface area (Å²) >= 11 is 5.82. The molecule has 2 rings (SSSR count). The van der Waals surface area contributed by atoms with Crippen molar-refractivity contribution in [2.45, 2.75) is 37.6 Å². The van der Waals surface area contributed by atoms with Crippen LogP contribution in [-0.4, -0.2) is 35.7 Å². The number of carbonyl (C=O) groups is 2. The zero-order valence-electron chi connectivity index (χ0n) is 12.3. The molecule has 1 amide bonds. The lowest BCUT2D eigenvalue weighted by molar-refractivity contribution is -0.152. The van der Waals surface area contributed by atoms with Crippen LogP contribution in [0.2, 0.25) is 5.02 Å². The van der Waals surface area contributed by atoms with E-state index in [4.69, 9.17) is 16.3 Å². The summed E-state index contributed by atoms with van der Waals surface area (Å²) in [5, 5.41) is 12.8. The molecule has 0 spiro atoms. The Morgan fingerprint density at radius 3 is 2.45 bits per heavy atom. The summed E-state index contributed by atoms with van der Waals surface area (Å²) in [5.41, 5.74) is -0.0634. The van der Waals surface area contributed by atoms with E-state index >= 15 is 0 Å². The molecule has 0 unspecified atom stereocenters. The number of amides is 1. The first-order chi connectivity index (χ1) is 10.5. The van der Waals surface area contributed by atoms with Gasteiger partial charge in [-0.25, -0.2) is 4.79 Å². The van der Waals surface area contributed by atoms with Gasteiger partial charge >= 0.3 is 5.97 Å². The van der Waals surface area contributed by atoms with Gasteiger partial charge in [0, 0.05) is 37.5 Å². The summed E-state index contributed by atoms with van der Waals surface area (Å²) in [6.07, 6.45) is 2.35. The molecule has 0 saturated carbocycles. The van der Waals surface area contributed by atoms with Crippen molar-refractivity contribution < 1.29 is 19.4 Å². The molecule has 1 fully saturated rings. The molecule has 120 valence electrons. The molecule has 1 aliphatic heterocycles. The number of benzene rings is 1. The van der Waals surface area contributed by atoms with Crippen LogP contribution in [0, 0.1) is 0 Å². The Morgan fingerprint density at radius 1 is 1.23 bits per heavy atom. The molecule has 5 nitrogen and oxygen atoms in total. The van der Waals surface area contributed by atoms with E-state index in [1.807, 2.05) is 24.3 Å². The second-order valence-corrected chi connectivity index (χ2v) is 5.96. The lowest BCUT2D eigenvalue weighted by Gasteiger charge is -2.33. The van der Waals surface area contributed by atoms with Crippen molar-refractivity contribution in [3.63, 3.8) is 0 Å². The van der Waals surface area contributed by atoms with Crippen molar-refractivity contribution in [1.29, 1.82) is 0 Å². The quantitative estimate of drug-likeness (QED) is 0.842. The molecule has 1 aliphatic rings. The normalized spacial score (nSPS) is 17.0. The molecule has 0 bridgehead atoms. The first kappa shape index (κ1) is 16.8. The van der Waals surface area contributed by atoms with Crippen LogP contribution >= 0.6 is 11.6 Å². The van der Waals surface area contributed by atoms with Crippen LogP contribution in [-0.2, 0) is 20.7 Å². The molecule has 1 aromatic carbocycles. The maximum atomic E-state index is 12.0. The maximum absolute atomic E-state index is 12.0. The first-order valence-corrected chi connectivity index (χ1v) is 7.76. The molecule has 2 N–H and O–H groups in total. The molecule has 0 aliphatic carbocycles. The third kappa shape index (κ3) is 4.45. The molecule has 0 atom stereocenters. The highest BCUT2D eigenvalue weighted by atomic mass is 35.5. The maximum Gasteiger partial charge on any atom is 0.329 e. The van der Waals surface area contributed by atoms with Crippen molar-refractivity contribution in [3.8, 4) is 0 Å². The summed E-state index contributed by atoms with van der Waals surface area (Å²) < 4.78 is 5.18. The van der Waals surface area contributed by atoms with Crippen molar-refractivity contribution in [3.05, 3.63) is 34.9 Å². The predicted octanol–water partition coefficient (Wildman–Crippen LogP) is 2.41. The molecule has 0 radical (unpaired) electrons. The monoisotopic (exact) mass is 325 g/mol. The van der Waals surface area contributed by atoms with Gasteiger partial charge in [0.15, 0.2) is 0 Å². The number of carbonyl (C=O) groups excluding carboxylic acids is 1. The molecule has 1 heterocycles. The number of carboxylic acids is 1. The van der Waals surface area contributed by atoms with Crippen LogP contribution in [0.25, 0.3) is 0 Å². The van der Waals surface area contributed by atoms with Gasteiger partial charge in [-0.15, -0.1) is 0 Å². The second kappa shape index (κ2) is 7.61. The van der Waals surface area contributed by atoms with Crippen LogP contribution in [0.15, 0.2) is 24.3 Å². The SMILES string of the molecule is O=C(CCCc1ccc(Cl)cc1)NC1(C(=O)O)CCOCC1. The topological polar surface area (TPSA) is 75.6 Å². The minimum Gasteiger partial charge on any atom is -0.480 e.